The monoisotopic (exact) mass is 374 g/mol. The van der Waals surface area contributed by atoms with Gasteiger partial charge in [-0.15, -0.1) is 0 Å². The van der Waals surface area contributed by atoms with Gasteiger partial charge in [-0.05, 0) is 50.2 Å². The average Bonchev–Trinajstić information content (AvgIpc) is 2.61. The Morgan fingerprint density at radius 3 is 2.35 bits per heavy atom. The predicted molar refractivity (Wildman–Crippen MR) is 99.6 cm³/mol. The molecule has 0 spiro atoms. The number of rotatable bonds is 4. The number of anilines is 1. The number of morpholine rings is 1. The molecule has 0 unspecified atom stereocenters. The SMILES string of the molecule is CC1(C)CN(C(=O)c2ccc(NS(=O)(=O)c3ccccc3)cc2)CCO1. The minimum Gasteiger partial charge on any atom is -0.372 e. The summed E-state index contributed by atoms with van der Waals surface area (Å²) in [4.78, 5) is 14.6. The summed E-state index contributed by atoms with van der Waals surface area (Å²) in [7, 11) is -3.64. The molecule has 138 valence electrons. The molecule has 0 radical (unpaired) electrons. The van der Waals surface area contributed by atoms with E-state index in [1.807, 2.05) is 13.8 Å². The second-order valence-corrected chi connectivity index (χ2v) is 8.51. The molecule has 1 aliphatic heterocycles. The summed E-state index contributed by atoms with van der Waals surface area (Å²) >= 11 is 0. The fraction of sp³-hybridized carbons (Fsp3) is 0.316. The van der Waals surface area contributed by atoms with Crippen molar-refractivity contribution in [2.45, 2.75) is 24.3 Å². The molecular formula is C19H22N2O4S. The summed E-state index contributed by atoms with van der Waals surface area (Å²) < 4.78 is 32.8. The van der Waals surface area contributed by atoms with Gasteiger partial charge in [-0.2, -0.15) is 0 Å². The molecule has 1 saturated heterocycles. The fourth-order valence-electron chi connectivity index (χ4n) is 2.87. The maximum atomic E-state index is 12.6. The number of nitrogens with zero attached hydrogens (tertiary/aromatic N) is 1. The molecule has 1 amide bonds. The lowest BCUT2D eigenvalue weighted by Gasteiger charge is -2.38. The van der Waals surface area contributed by atoms with E-state index >= 15 is 0 Å². The van der Waals surface area contributed by atoms with Crippen LogP contribution >= 0.6 is 0 Å². The summed E-state index contributed by atoms with van der Waals surface area (Å²) in [6.45, 7) is 5.48. The molecule has 0 bridgehead atoms. The number of hydrogen-bond donors (Lipinski definition) is 1. The van der Waals surface area contributed by atoms with Crippen LogP contribution in [0.3, 0.4) is 0 Å². The van der Waals surface area contributed by atoms with E-state index in [-0.39, 0.29) is 16.4 Å². The Labute approximate surface area is 153 Å². The molecule has 1 N–H and O–H groups in total. The van der Waals surface area contributed by atoms with Crippen LogP contribution in [0.25, 0.3) is 0 Å². The third kappa shape index (κ3) is 4.23. The summed E-state index contributed by atoms with van der Waals surface area (Å²) in [6.07, 6.45) is 0. The van der Waals surface area contributed by atoms with Gasteiger partial charge in [-0.3, -0.25) is 9.52 Å². The van der Waals surface area contributed by atoms with Crippen LogP contribution in [-0.2, 0) is 14.8 Å². The highest BCUT2D eigenvalue weighted by atomic mass is 32.2. The van der Waals surface area contributed by atoms with E-state index in [0.717, 1.165) is 0 Å². The number of carbonyl (C=O) groups is 1. The molecule has 1 heterocycles. The van der Waals surface area contributed by atoms with Crippen molar-refractivity contribution < 1.29 is 17.9 Å². The van der Waals surface area contributed by atoms with E-state index in [1.165, 1.54) is 12.1 Å². The Bertz CT molecular complexity index is 878. The van der Waals surface area contributed by atoms with E-state index in [1.54, 1.807) is 47.4 Å². The molecule has 1 fully saturated rings. The standard InChI is InChI=1S/C19H22N2O4S/c1-19(2)14-21(12-13-25-19)18(22)15-8-10-16(11-9-15)20-26(23,24)17-6-4-3-5-7-17/h3-11,20H,12-14H2,1-2H3. The van der Waals surface area contributed by atoms with Gasteiger partial charge in [0.25, 0.3) is 15.9 Å². The van der Waals surface area contributed by atoms with Crippen LogP contribution in [0.5, 0.6) is 0 Å². The van der Waals surface area contributed by atoms with E-state index in [4.69, 9.17) is 4.74 Å². The molecule has 2 aromatic carbocycles. The van der Waals surface area contributed by atoms with Gasteiger partial charge in [-0.25, -0.2) is 8.42 Å². The average molecular weight is 374 g/mol. The van der Waals surface area contributed by atoms with Crippen LogP contribution in [0.4, 0.5) is 5.69 Å². The molecule has 2 aromatic rings. The highest BCUT2D eigenvalue weighted by Gasteiger charge is 2.30. The number of sulfonamides is 1. The van der Waals surface area contributed by atoms with E-state index in [9.17, 15) is 13.2 Å². The first-order chi connectivity index (χ1) is 12.3. The first-order valence-corrected chi connectivity index (χ1v) is 9.86. The lowest BCUT2D eigenvalue weighted by atomic mass is 10.1. The zero-order valence-electron chi connectivity index (χ0n) is 14.8. The van der Waals surface area contributed by atoms with Crippen molar-refractivity contribution in [2.75, 3.05) is 24.4 Å². The first-order valence-electron chi connectivity index (χ1n) is 8.38. The molecule has 3 rings (SSSR count). The molecule has 6 nitrogen and oxygen atoms in total. The number of nitrogens with one attached hydrogen (secondary N) is 1. The molecule has 26 heavy (non-hydrogen) atoms. The Kier molecular flexibility index (Phi) is 5.02. The van der Waals surface area contributed by atoms with Gasteiger partial charge in [0.2, 0.25) is 0 Å². The number of hydrogen-bond acceptors (Lipinski definition) is 4. The van der Waals surface area contributed by atoms with Gasteiger partial charge in [0, 0.05) is 24.3 Å². The van der Waals surface area contributed by atoms with Crippen LogP contribution in [0.1, 0.15) is 24.2 Å². The van der Waals surface area contributed by atoms with Gasteiger partial charge in [0.15, 0.2) is 0 Å². The van der Waals surface area contributed by atoms with Gasteiger partial charge in [0.1, 0.15) is 0 Å². The van der Waals surface area contributed by atoms with Crippen molar-refractivity contribution in [1.29, 1.82) is 0 Å². The van der Waals surface area contributed by atoms with Crippen LogP contribution in [0.2, 0.25) is 0 Å². The zero-order valence-corrected chi connectivity index (χ0v) is 15.6. The maximum Gasteiger partial charge on any atom is 0.261 e. The van der Waals surface area contributed by atoms with Crippen molar-refractivity contribution >= 4 is 21.6 Å². The smallest absolute Gasteiger partial charge is 0.261 e. The largest absolute Gasteiger partial charge is 0.372 e. The number of carbonyl (C=O) groups excluding carboxylic acids is 1. The molecule has 1 aliphatic rings. The van der Waals surface area contributed by atoms with Crippen LogP contribution in [0, 0.1) is 0 Å². The van der Waals surface area contributed by atoms with Crippen molar-refractivity contribution in [3.8, 4) is 0 Å². The van der Waals surface area contributed by atoms with E-state index in [2.05, 4.69) is 4.72 Å². The Morgan fingerprint density at radius 1 is 1.08 bits per heavy atom. The highest BCUT2D eigenvalue weighted by molar-refractivity contribution is 7.92. The second-order valence-electron chi connectivity index (χ2n) is 6.83. The molecular weight excluding hydrogens is 352 g/mol. The molecule has 0 atom stereocenters. The minimum atomic E-state index is -3.64. The summed E-state index contributed by atoms with van der Waals surface area (Å²) in [5, 5.41) is 0. The van der Waals surface area contributed by atoms with Gasteiger partial charge in [0.05, 0.1) is 17.1 Å². The van der Waals surface area contributed by atoms with Crippen molar-refractivity contribution in [1.82, 2.24) is 4.90 Å². The second kappa shape index (κ2) is 7.09. The normalized spacial score (nSPS) is 16.9. The van der Waals surface area contributed by atoms with E-state index in [0.29, 0.717) is 30.9 Å². The number of amides is 1. The van der Waals surface area contributed by atoms with Crippen LogP contribution in [0.15, 0.2) is 59.5 Å². The van der Waals surface area contributed by atoms with Gasteiger partial charge in [-0.1, -0.05) is 18.2 Å². The summed E-state index contributed by atoms with van der Waals surface area (Å²) in [6, 6.07) is 14.6. The van der Waals surface area contributed by atoms with Gasteiger partial charge < -0.3 is 9.64 Å². The zero-order chi connectivity index (χ0) is 18.8. The highest BCUT2D eigenvalue weighted by Crippen LogP contribution is 2.20. The lowest BCUT2D eigenvalue weighted by Crippen LogP contribution is -2.50. The van der Waals surface area contributed by atoms with Crippen molar-refractivity contribution in [3.05, 3.63) is 60.2 Å². The quantitative estimate of drug-likeness (QED) is 0.893. The Hall–Kier alpha value is -2.38. The maximum absolute atomic E-state index is 12.6. The minimum absolute atomic E-state index is 0.0844. The van der Waals surface area contributed by atoms with Crippen molar-refractivity contribution in [2.24, 2.45) is 0 Å². The number of benzene rings is 2. The third-order valence-corrected chi connectivity index (χ3v) is 5.55. The van der Waals surface area contributed by atoms with Crippen molar-refractivity contribution in [3.63, 3.8) is 0 Å². The topological polar surface area (TPSA) is 75.7 Å². The third-order valence-electron chi connectivity index (χ3n) is 4.15. The van der Waals surface area contributed by atoms with Crippen LogP contribution in [-0.4, -0.2) is 44.5 Å². The van der Waals surface area contributed by atoms with Crippen LogP contribution < -0.4 is 4.72 Å². The Balaban J connectivity index is 1.72. The van der Waals surface area contributed by atoms with Gasteiger partial charge >= 0.3 is 0 Å². The Morgan fingerprint density at radius 2 is 1.73 bits per heavy atom. The lowest BCUT2D eigenvalue weighted by molar-refractivity contribution is -0.0764. The summed E-state index contributed by atoms with van der Waals surface area (Å²) in [5.74, 6) is -0.0844. The molecule has 0 aromatic heterocycles. The molecule has 0 saturated carbocycles. The molecule has 0 aliphatic carbocycles. The summed E-state index contributed by atoms with van der Waals surface area (Å²) in [5.41, 5.74) is 0.567. The fourth-order valence-corrected chi connectivity index (χ4v) is 3.95. The molecule has 7 heteroatoms. The van der Waals surface area contributed by atoms with E-state index < -0.39 is 10.0 Å². The number of ether oxygens (including phenoxy) is 1. The first kappa shape index (κ1) is 18.4. The predicted octanol–water partition coefficient (Wildman–Crippen LogP) is 2.74.